The summed E-state index contributed by atoms with van der Waals surface area (Å²) in [4.78, 5) is 18.0. The normalized spacial score (nSPS) is 10.4. The van der Waals surface area contributed by atoms with Crippen molar-refractivity contribution in [1.29, 1.82) is 0 Å². The summed E-state index contributed by atoms with van der Waals surface area (Å²) >= 11 is 0. The minimum absolute atomic E-state index is 0.179. The minimum atomic E-state index is -0.269. The molecule has 0 saturated heterocycles. The highest BCUT2D eigenvalue weighted by atomic mass is 19.1. The number of benzene rings is 1. The summed E-state index contributed by atoms with van der Waals surface area (Å²) < 4.78 is 12.9. The quantitative estimate of drug-likeness (QED) is 0.697. The molecule has 0 aliphatic heterocycles. The van der Waals surface area contributed by atoms with Gasteiger partial charge in [0.05, 0.1) is 0 Å². The molecule has 1 amide bonds. The Kier molecular flexibility index (Phi) is 6.04. The molecule has 27 heavy (non-hydrogen) atoms. The smallest absolute Gasteiger partial charge is 0.274 e. The average molecular weight is 365 g/mol. The van der Waals surface area contributed by atoms with Crippen LogP contribution in [0.1, 0.15) is 21.6 Å². The first-order valence-corrected chi connectivity index (χ1v) is 8.58. The third kappa shape index (κ3) is 5.31. The van der Waals surface area contributed by atoms with E-state index >= 15 is 0 Å². The van der Waals surface area contributed by atoms with Crippen LogP contribution in [0.15, 0.2) is 60.9 Å². The minimum Gasteiger partial charge on any atom is -0.365 e. The van der Waals surface area contributed by atoms with Gasteiger partial charge < -0.3 is 10.2 Å². The molecule has 0 aliphatic carbocycles. The molecule has 3 aromatic rings. The number of pyridine rings is 1. The van der Waals surface area contributed by atoms with Crippen LogP contribution in [0, 0.1) is 5.82 Å². The molecule has 7 heteroatoms. The average Bonchev–Trinajstić information content (AvgIpc) is 2.72. The maximum Gasteiger partial charge on any atom is 0.274 e. The van der Waals surface area contributed by atoms with E-state index in [1.54, 1.807) is 48.6 Å². The molecule has 0 bridgehead atoms. The van der Waals surface area contributed by atoms with E-state index in [4.69, 9.17) is 0 Å². The van der Waals surface area contributed by atoms with Crippen molar-refractivity contribution in [2.75, 3.05) is 18.9 Å². The lowest BCUT2D eigenvalue weighted by molar-refractivity contribution is 0.0789. The molecule has 0 fully saturated rings. The van der Waals surface area contributed by atoms with Crippen LogP contribution >= 0.6 is 0 Å². The van der Waals surface area contributed by atoms with Crippen LogP contribution < -0.4 is 5.32 Å². The molecule has 1 aromatic carbocycles. The summed E-state index contributed by atoms with van der Waals surface area (Å²) in [6, 6.07) is 13.4. The molecule has 2 aromatic heterocycles. The van der Waals surface area contributed by atoms with Crippen LogP contribution in [0.3, 0.4) is 0 Å². The number of carbonyl (C=O) groups excluding carboxylic acids is 1. The molecular weight excluding hydrogens is 345 g/mol. The van der Waals surface area contributed by atoms with E-state index < -0.39 is 0 Å². The number of carbonyl (C=O) groups is 1. The Balaban J connectivity index is 1.52. The molecule has 0 atom stereocenters. The number of nitrogens with one attached hydrogen (secondary N) is 1. The Morgan fingerprint density at radius 2 is 1.74 bits per heavy atom. The third-order valence-electron chi connectivity index (χ3n) is 4.10. The largest absolute Gasteiger partial charge is 0.365 e. The number of hydrogen-bond donors (Lipinski definition) is 1. The lowest BCUT2D eigenvalue weighted by atomic mass is 10.2. The van der Waals surface area contributed by atoms with Gasteiger partial charge in [-0.1, -0.05) is 12.1 Å². The fourth-order valence-corrected chi connectivity index (χ4v) is 2.48. The second-order valence-corrected chi connectivity index (χ2v) is 6.12. The molecule has 0 radical (unpaired) electrons. The van der Waals surface area contributed by atoms with Gasteiger partial charge in [-0.3, -0.25) is 9.78 Å². The maximum absolute atomic E-state index is 12.9. The van der Waals surface area contributed by atoms with Crippen LogP contribution in [0.4, 0.5) is 10.2 Å². The second-order valence-electron chi connectivity index (χ2n) is 6.12. The first-order chi connectivity index (χ1) is 13.1. The van der Waals surface area contributed by atoms with Gasteiger partial charge in [0.15, 0.2) is 5.69 Å². The Bertz CT molecular complexity index is 869. The molecule has 2 heterocycles. The van der Waals surface area contributed by atoms with Crippen LogP contribution in [-0.2, 0) is 13.0 Å². The zero-order valence-electron chi connectivity index (χ0n) is 15.0. The van der Waals surface area contributed by atoms with Crippen LogP contribution in [-0.4, -0.2) is 39.6 Å². The lowest BCUT2D eigenvalue weighted by Gasteiger charge is -2.16. The summed E-state index contributed by atoms with van der Waals surface area (Å²) in [6.07, 6.45) is 4.22. The zero-order chi connectivity index (χ0) is 19.1. The maximum atomic E-state index is 12.9. The van der Waals surface area contributed by atoms with E-state index in [0.29, 0.717) is 24.6 Å². The number of halogens is 1. The summed E-state index contributed by atoms with van der Waals surface area (Å²) in [5.41, 5.74) is 2.34. The van der Waals surface area contributed by atoms with Crippen LogP contribution in [0.5, 0.6) is 0 Å². The molecule has 6 nitrogen and oxygen atoms in total. The standard InChI is InChI=1S/C20H20FN5O/c1-26(13-10-15-8-11-22-12-9-15)20(27)18-6-7-19(25-24-18)23-14-16-2-4-17(21)5-3-16/h2-9,11-12H,10,13-14H2,1H3,(H,23,25). The van der Waals surface area contributed by atoms with E-state index in [2.05, 4.69) is 20.5 Å². The first-order valence-electron chi connectivity index (χ1n) is 8.58. The number of anilines is 1. The molecule has 0 saturated carbocycles. The number of hydrogen-bond acceptors (Lipinski definition) is 5. The summed E-state index contributed by atoms with van der Waals surface area (Å²) in [5, 5.41) is 11.1. The fourth-order valence-electron chi connectivity index (χ4n) is 2.48. The molecule has 0 spiro atoms. The number of rotatable bonds is 7. The van der Waals surface area contributed by atoms with Crippen molar-refractivity contribution in [3.05, 3.63) is 83.6 Å². The van der Waals surface area contributed by atoms with Crippen molar-refractivity contribution in [3.63, 3.8) is 0 Å². The van der Waals surface area contributed by atoms with E-state index in [1.165, 1.54) is 12.1 Å². The molecule has 0 aliphatic rings. The van der Waals surface area contributed by atoms with Gasteiger partial charge in [-0.15, -0.1) is 10.2 Å². The summed E-state index contributed by atoms with van der Waals surface area (Å²) in [6.45, 7) is 1.07. The van der Waals surface area contributed by atoms with E-state index in [0.717, 1.165) is 17.5 Å². The monoisotopic (exact) mass is 365 g/mol. The highest BCUT2D eigenvalue weighted by Crippen LogP contribution is 2.09. The van der Waals surface area contributed by atoms with Gasteiger partial charge in [0, 0.05) is 32.5 Å². The Morgan fingerprint density at radius 1 is 1.00 bits per heavy atom. The zero-order valence-corrected chi connectivity index (χ0v) is 15.0. The summed E-state index contributed by atoms with van der Waals surface area (Å²) in [7, 11) is 1.74. The number of amides is 1. The van der Waals surface area contributed by atoms with Gasteiger partial charge in [0.1, 0.15) is 11.6 Å². The second kappa shape index (κ2) is 8.84. The van der Waals surface area contributed by atoms with E-state index in [-0.39, 0.29) is 11.7 Å². The highest BCUT2D eigenvalue weighted by Gasteiger charge is 2.13. The van der Waals surface area contributed by atoms with Crippen molar-refractivity contribution in [1.82, 2.24) is 20.1 Å². The fraction of sp³-hybridized carbons (Fsp3) is 0.200. The van der Waals surface area contributed by atoms with Crippen molar-refractivity contribution in [3.8, 4) is 0 Å². The van der Waals surface area contributed by atoms with E-state index in [1.807, 2.05) is 12.1 Å². The van der Waals surface area contributed by atoms with Crippen molar-refractivity contribution in [2.45, 2.75) is 13.0 Å². The predicted octanol–water partition coefficient (Wildman–Crippen LogP) is 2.94. The Morgan fingerprint density at radius 3 is 2.41 bits per heavy atom. The lowest BCUT2D eigenvalue weighted by Crippen LogP contribution is -2.29. The van der Waals surface area contributed by atoms with Crippen molar-refractivity contribution in [2.24, 2.45) is 0 Å². The first kappa shape index (κ1) is 18.4. The van der Waals surface area contributed by atoms with Gasteiger partial charge in [-0.05, 0) is 53.9 Å². The van der Waals surface area contributed by atoms with Gasteiger partial charge in [-0.25, -0.2) is 4.39 Å². The van der Waals surface area contributed by atoms with Crippen molar-refractivity contribution >= 4 is 11.7 Å². The molecule has 1 N–H and O–H groups in total. The summed E-state index contributed by atoms with van der Waals surface area (Å²) in [5.74, 6) is 0.103. The highest BCUT2D eigenvalue weighted by molar-refractivity contribution is 5.92. The third-order valence-corrected chi connectivity index (χ3v) is 4.10. The van der Waals surface area contributed by atoms with Gasteiger partial charge >= 0.3 is 0 Å². The molecule has 3 rings (SSSR count). The number of nitrogens with zero attached hydrogens (tertiary/aromatic N) is 4. The van der Waals surface area contributed by atoms with Gasteiger partial charge in [0.25, 0.3) is 5.91 Å². The molecule has 138 valence electrons. The topological polar surface area (TPSA) is 71.0 Å². The number of likely N-dealkylation sites (N-methyl/N-ethyl adjacent to an activating group) is 1. The van der Waals surface area contributed by atoms with Crippen LogP contribution in [0.2, 0.25) is 0 Å². The van der Waals surface area contributed by atoms with Crippen molar-refractivity contribution < 1.29 is 9.18 Å². The molecular formula is C20H20FN5O. The van der Waals surface area contributed by atoms with Crippen LogP contribution in [0.25, 0.3) is 0 Å². The predicted molar refractivity (Wildman–Crippen MR) is 101 cm³/mol. The van der Waals surface area contributed by atoms with Gasteiger partial charge in [-0.2, -0.15) is 0 Å². The molecule has 0 unspecified atom stereocenters. The SMILES string of the molecule is CN(CCc1ccncc1)C(=O)c1ccc(NCc2ccc(F)cc2)nn1. The Labute approximate surface area is 157 Å². The van der Waals surface area contributed by atoms with Gasteiger partial charge in [0.2, 0.25) is 0 Å². The number of aromatic nitrogens is 3. The van der Waals surface area contributed by atoms with E-state index in [9.17, 15) is 9.18 Å². The Hall–Kier alpha value is -3.35.